The number of hydrogen-bond donors (Lipinski definition) is 0. The van der Waals surface area contributed by atoms with Gasteiger partial charge in [-0.2, -0.15) is 0 Å². The van der Waals surface area contributed by atoms with Crippen molar-refractivity contribution in [1.82, 2.24) is 0 Å². The molecule has 0 aromatic rings. The van der Waals surface area contributed by atoms with Crippen LogP contribution in [0.5, 0.6) is 0 Å². The average molecular weight is 190 g/mol. The van der Waals surface area contributed by atoms with E-state index in [1.807, 2.05) is 0 Å². The van der Waals surface area contributed by atoms with Crippen molar-refractivity contribution in [2.45, 2.75) is 52.4 Å². The van der Waals surface area contributed by atoms with Gasteiger partial charge in [-0.05, 0) is 24.7 Å². The summed E-state index contributed by atoms with van der Waals surface area (Å²) < 4.78 is 0. The van der Waals surface area contributed by atoms with Crippen LogP contribution in [0, 0.1) is 23.7 Å². The molecule has 0 amide bonds. The highest BCUT2D eigenvalue weighted by molar-refractivity contribution is 6.08. The molecule has 1 heteroatoms. The van der Waals surface area contributed by atoms with Gasteiger partial charge in [0, 0.05) is 12.8 Å². The summed E-state index contributed by atoms with van der Waals surface area (Å²) in [4.78, 5) is 11.0. The third kappa shape index (κ3) is 8.88. The fourth-order valence-corrected chi connectivity index (χ4v) is 0.847. The monoisotopic (exact) mass is 190 g/mol. The van der Waals surface area contributed by atoms with Crippen molar-refractivity contribution in [2.24, 2.45) is 0 Å². The molecule has 0 saturated heterocycles. The van der Waals surface area contributed by atoms with Gasteiger partial charge < -0.3 is 0 Å². The van der Waals surface area contributed by atoms with Crippen LogP contribution in [0.3, 0.4) is 0 Å². The van der Waals surface area contributed by atoms with E-state index in [2.05, 4.69) is 37.5 Å². The molecule has 0 aliphatic carbocycles. The Hall–Kier alpha value is -1.21. The van der Waals surface area contributed by atoms with Crippen molar-refractivity contribution in [1.29, 1.82) is 0 Å². The lowest BCUT2D eigenvalue weighted by Crippen LogP contribution is -1.86. The lowest BCUT2D eigenvalue weighted by atomic mass is 10.2. The summed E-state index contributed by atoms with van der Waals surface area (Å²) in [7, 11) is 0. The number of hydrogen-bond acceptors (Lipinski definition) is 1. The van der Waals surface area contributed by atoms with E-state index in [0.29, 0.717) is 0 Å². The molecule has 0 radical (unpaired) electrons. The van der Waals surface area contributed by atoms with Crippen LogP contribution in [0.25, 0.3) is 0 Å². The minimum Gasteiger partial charge on any atom is -0.270 e. The Morgan fingerprint density at radius 1 is 0.929 bits per heavy atom. The van der Waals surface area contributed by atoms with Crippen molar-refractivity contribution in [2.75, 3.05) is 0 Å². The zero-order valence-corrected chi connectivity index (χ0v) is 9.15. The molecule has 1 nitrogen and oxygen atoms in total. The zero-order chi connectivity index (χ0) is 10.6. The van der Waals surface area contributed by atoms with Crippen LogP contribution in [0.15, 0.2) is 0 Å². The smallest absolute Gasteiger partial charge is 0.270 e. The number of carbonyl (C=O) groups excluding carboxylic acids is 1. The molecule has 0 fully saturated rings. The highest BCUT2D eigenvalue weighted by Crippen LogP contribution is 1.91. The molecule has 76 valence electrons. The van der Waals surface area contributed by atoms with Crippen molar-refractivity contribution in [3.05, 3.63) is 0 Å². The first-order chi connectivity index (χ1) is 6.81. The third-order valence-corrected chi connectivity index (χ3v) is 1.71. The second-order valence-corrected chi connectivity index (χ2v) is 3.14. The van der Waals surface area contributed by atoms with Gasteiger partial charge in [-0.3, -0.25) is 4.79 Å². The number of rotatable bonds is 4. The number of carbonyl (C=O) groups is 1. The van der Waals surface area contributed by atoms with Crippen molar-refractivity contribution in [3.8, 4) is 23.7 Å². The molecule has 0 aliphatic rings. The van der Waals surface area contributed by atoms with E-state index >= 15 is 0 Å². The summed E-state index contributed by atoms with van der Waals surface area (Å²) in [5.74, 6) is 10.5. The van der Waals surface area contributed by atoms with Crippen molar-refractivity contribution < 1.29 is 4.79 Å². The predicted octanol–water partition coefficient (Wildman–Crippen LogP) is 2.94. The van der Waals surface area contributed by atoms with E-state index in [1.54, 1.807) is 0 Å². The van der Waals surface area contributed by atoms with Gasteiger partial charge in [0.05, 0.1) is 0 Å². The van der Waals surface area contributed by atoms with Gasteiger partial charge in [-0.1, -0.05) is 38.5 Å². The Morgan fingerprint density at radius 3 is 1.71 bits per heavy atom. The highest BCUT2D eigenvalue weighted by Gasteiger charge is 1.86. The molecular weight excluding hydrogens is 172 g/mol. The van der Waals surface area contributed by atoms with Crippen LogP contribution < -0.4 is 0 Å². The topological polar surface area (TPSA) is 17.1 Å². The Bertz CT molecular complexity index is 239. The first kappa shape index (κ1) is 12.8. The molecule has 0 saturated carbocycles. The second kappa shape index (κ2) is 9.87. The lowest BCUT2D eigenvalue weighted by Gasteiger charge is -1.83. The van der Waals surface area contributed by atoms with Crippen LogP contribution in [0.1, 0.15) is 52.4 Å². The summed E-state index contributed by atoms with van der Waals surface area (Å²) in [5.41, 5.74) is 0. The van der Waals surface area contributed by atoms with E-state index in [1.165, 1.54) is 0 Å². The SMILES string of the molecule is CCCCC#CC(=O)C#CCCCC. The summed E-state index contributed by atoms with van der Waals surface area (Å²) in [6.07, 6.45) is 5.96. The largest absolute Gasteiger partial charge is 0.279 e. The molecule has 0 N–H and O–H groups in total. The minimum absolute atomic E-state index is 0.239. The number of ketones is 1. The molecule has 0 unspecified atom stereocenters. The molecule has 0 aromatic carbocycles. The van der Waals surface area contributed by atoms with Gasteiger partial charge in [-0.25, -0.2) is 0 Å². The quantitative estimate of drug-likeness (QED) is 0.378. The molecule has 0 atom stereocenters. The van der Waals surface area contributed by atoms with Gasteiger partial charge >= 0.3 is 0 Å². The Labute approximate surface area is 87.3 Å². The Morgan fingerprint density at radius 2 is 1.36 bits per heavy atom. The predicted molar refractivity (Wildman–Crippen MR) is 59.6 cm³/mol. The van der Waals surface area contributed by atoms with E-state index < -0.39 is 0 Å². The zero-order valence-electron chi connectivity index (χ0n) is 9.15. The Kier molecular flexibility index (Phi) is 9.02. The molecular formula is C13H18O. The second-order valence-electron chi connectivity index (χ2n) is 3.14. The van der Waals surface area contributed by atoms with E-state index in [0.717, 1.165) is 38.5 Å². The van der Waals surface area contributed by atoms with Gasteiger partial charge in [0.1, 0.15) is 0 Å². The van der Waals surface area contributed by atoms with E-state index in [-0.39, 0.29) is 5.78 Å². The molecule has 14 heavy (non-hydrogen) atoms. The van der Waals surface area contributed by atoms with Crippen molar-refractivity contribution >= 4 is 5.78 Å². The molecule has 0 bridgehead atoms. The standard InChI is InChI=1S/C13H18O/c1-3-5-7-9-11-13(14)12-10-8-6-4-2/h3-8H2,1-2H3. The van der Waals surface area contributed by atoms with Gasteiger partial charge in [-0.15, -0.1) is 0 Å². The van der Waals surface area contributed by atoms with Gasteiger partial charge in [0.15, 0.2) is 0 Å². The highest BCUT2D eigenvalue weighted by atomic mass is 16.1. The summed E-state index contributed by atoms with van der Waals surface area (Å²) in [6, 6.07) is 0. The summed E-state index contributed by atoms with van der Waals surface area (Å²) in [5, 5.41) is 0. The van der Waals surface area contributed by atoms with Crippen LogP contribution >= 0.6 is 0 Å². The number of Topliss-reactive ketones (excluding diaryl/α,β-unsaturated/α-hetero) is 1. The normalized spacial score (nSPS) is 8.14. The minimum atomic E-state index is -0.239. The third-order valence-electron chi connectivity index (χ3n) is 1.71. The van der Waals surface area contributed by atoms with Crippen LogP contribution in [-0.4, -0.2) is 5.78 Å². The van der Waals surface area contributed by atoms with E-state index in [4.69, 9.17) is 0 Å². The summed E-state index contributed by atoms with van der Waals surface area (Å²) >= 11 is 0. The van der Waals surface area contributed by atoms with Gasteiger partial charge in [0.2, 0.25) is 0 Å². The van der Waals surface area contributed by atoms with Crippen molar-refractivity contribution in [3.63, 3.8) is 0 Å². The first-order valence-corrected chi connectivity index (χ1v) is 5.33. The molecule has 0 rings (SSSR count). The maximum atomic E-state index is 11.0. The fraction of sp³-hybridized carbons (Fsp3) is 0.615. The van der Waals surface area contributed by atoms with Crippen LogP contribution in [0.4, 0.5) is 0 Å². The van der Waals surface area contributed by atoms with Gasteiger partial charge in [0.25, 0.3) is 5.78 Å². The maximum Gasteiger partial charge on any atom is 0.279 e. The Balaban J connectivity index is 3.69. The van der Waals surface area contributed by atoms with E-state index in [9.17, 15) is 4.79 Å². The average Bonchev–Trinajstić information content (AvgIpc) is 2.19. The van der Waals surface area contributed by atoms with Crippen LogP contribution in [0.2, 0.25) is 0 Å². The summed E-state index contributed by atoms with van der Waals surface area (Å²) in [6.45, 7) is 4.21. The lowest BCUT2D eigenvalue weighted by molar-refractivity contribution is -0.108. The molecule has 0 aliphatic heterocycles. The first-order valence-electron chi connectivity index (χ1n) is 5.33. The molecule has 0 heterocycles. The van der Waals surface area contributed by atoms with Crippen LogP contribution in [-0.2, 0) is 4.79 Å². The number of unbranched alkanes of at least 4 members (excludes halogenated alkanes) is 4. The molecule has 0 spiro atoms. The fourth-order valence-electron chi connectivity index (χ4n) is 0.847. The molecule has 0 aromatic heterocycles. The maximum absolute atomic E-state index is 11.0.